The first kappa shape index (κ1) is 12.9. The topological polar surface area (TPSA) is 49.3 Å². The summed E-state index contributed by atoms with van der Waals surface area (Å²) in [5.41, 5.74) is 0. The molecule has 0 aliphatic rings. The highest BCUT2D eigenvalue weighted by atomic mass is 79.9. The van der Waals surface area contributed by atoms with E-state index in [0.29, 0.717) is 0 Å². The number of hydrogen-bond donors (Lipinski definition) is 2. The minimum Gasteiger partial charge on any atom is -0.480 e. The van der Waals surface area contributed by atoms with Crippen LogP contribution in [0.25, 0.3) is 0 Å². The van der Waals surface area contributed by atoms with E-state index in [0.717, 1.165) is 8.66 Å². The second-order valence-corrected chi connectivity index (χ2v) is 4.70. The fraction of sp³-hybridized carbons (Fsp3) is 0.286. The maximum atomic E-state index is 10.7. The van der Waals surface area contributed by atoms with Gasteiger partial charge < -0.3 is 10.4 Å². The molecule has 2 N–H and O–H groups in total. The lowest BCUT2D eigenvalue weighted by atomic mass is 10.2. The van der Waals surface area contributed by atoms with Crippen LogP contribution in [0.1, 0.15) is 10.9 Å². The van der Waals surface area contributed by atoms with E-state index in [4.69, 9.17) is 5.11 Å². The van der Waals surface area contributed by atoms with Crippen molar-refractivity contribution in [2.24, 2.45) is 0 Å². The van der Waals surface area contributed by atoms with Crippen LogP contribution in [-0.4, -0.2) is 18.1 Å². The highest BCUT2D eigenvalue weighted by Gasteiger charge is 2.18. The zero-order valence-electron chi connectivity index (χ0n) is 6.78. The van der Waals surface area contributed by atoms with E-state index in [1.165, 1.54) is 11.3 Å². The number of thiophene rings is 1. The first-order valence-electron chi connectivity index (χ1n) is 3.30. The largest absolute Gasteiger partial charge is 0.480 e. The summed E-state index contributed by atoms with van der Waals surface area (Å²) in [6.45, 7) is 0. The van der Waals surface area contributed by atoms with E-state index < -0.39 is 12.0 Å². The predicted octanol–water partition coefficient (Wildman–Crippen LogP) is 2.28. The molecule has 1 heterocycles. The van der Waals surface area contributed by atoms with Crippen LogP contribution in [0.3, 0.4) is 0 Å². The lowest BCUT2D eigenvalue weighted by molar-refractivity contribution is -0.139. The van der Waals surface area contributed by atoms with Gasteiger partial charge in [-0.25, -0.2) is 0 Å². The molecule has 0 aliphatic heterocycles. The van der Waals surface area contributed by atoms with E-state index in [9.17, 15) is 4.79 Å². The number of hydrogen-bond acceptors (Lipinski definition) is 3. The van der Waals surface area contributed by atoms with Crippen LogP contribution in [-0.2, 0) is 4.79 Å². The molecule has 0 fully saturated rings. The number of likely N-dealkylation sites (N-methyl/N-ethyl adjacent to an activating group) is 1. The molecule has 6 heteroatoms. The lowest BCUT2D eigenvalue weighted by Crippen LogP contribution is -2.23. The highest BCUT2D eigenvalue weighted by molar-refractivity contribution is 9.11. The third-order valence-corrected chi connectivity index (χ3v) is 3.10. The number of rotatable bonds is 3. The van der Waals surface area contributed by atoms with Crippen LogP contribution in [0.4, 0.5) is 0 Å². The Morgan fingerprint density at radius 3 is 2.62 bits per heavy atom. The van der Waals surface area contributed by atoms with Gasteiger partial charge in [-0.05, 0) is 35.1 Å². The maximum Gasteiger partial charge on any atom is 0.326 e. The molecule has 0 spiro atoms. The molecule has 3 nitrogen and oxygen atoms in total. The molecule has 0 amide bonds. The summed E-state index contributed by atoms with van der Waals surface area (Å²) >= 11 is 4.70. The predicted molar refractivity (Wildman–Crippen MR) is 58.7 cm³/mol. The monoisotopic (exact) mass is 285 g/mol. The minimum absolute atomic E-state index is 0. The third kappa shape index (κ3) is 3.27. The van der Waals surface area contributed by atoms with Gasteiger partial charge in [0.2, 0.25) is 0 Å². The number of carboxylic acids is 1. The van der Waals surface area contributed by atoms with E-state index in [-0.39, 0.29) is 12.4 Å². The Labute approximate surface area is 94.7 Å². The van der Waals surface area contributed by atoms with Crippen LogP contribution in [0.15, 0.2) is 15.9 Å². The zero-order chi connectivity index (χ0) is 9.14. The zero-order valence-corrected chi connectivity index (χ0v) is 10.0. The Morgan fingerprint density at radius 2 is 2.31 bits per heavy atom. The standard InChI is InChI=1S/C7H8BrNO2S.ClH/c1-9-6(7(10)11)4-2-3-5(8)12-4;/h2-3,6,9H,1H3,(H,10,11);1H. The SMILES string of the molecule is CNC(C(=O)O)c1ccc(Br)s1.Cl. The van der Waals surface area contributed by atoms with Crippen LogP contribution in [0, 0.1) is 0 Å². The van der Waals surface area contributed by atoms with E-state index >= 15 is 0 Å². The number of carboxylic acid groups (broad SMARTS) is 1. The molecule has 0 aromatic carbocycles. The average Bonchev–Trinajstić information content (AvgIpc) is 2.37. The van der Waals surface area contributed by atoms with Crippen molar-refractivity contribution < 1.29 is 9.90 Å². The van der Waals surface area contributed by atoms with Crippen molar-refractivity contribution in [1.82, 2.24) is 5.32 Å². The van der Waals surface area contributed by atoms with Gasteiger partial charge in [0.15, 0.2) is 0 Å². The molecule has 0 radical (unpaired) electrons. The summed E-state index contributed by atoms with van der Waals surface area (Å²) in [4.78, 5) is 11.5. The molecule has 1 rings (SSSR count). The van der Waals surface area contributed by atoms with Gasteiger partial charge in [-0.3, -0.25) is 4.79 Å². The Kier molecular flexibility index (Phi) is 5.55. The van der Waals surface area contributed by atoms with Crippen molar-refractivity contribution in [2.45, 2.75) is 6.04 Å². The molecule has 0 saturated heterocycles. The van der Waals surface area contributed by atoms with Crippen molar-refractivity contribution in [1.29, 1.82) is 0 Å². The molecule has 0 bridgehead atoms. The van der Waals surface area contributed by atoms with Crippen molar-refractivity contribution in [3.8, 4) is 0 Å². The van der Waals surface area contributed by atoms with Gasteiger partial charge >= 0.3 is 5.97 Å². The summed E-state index contributed by atoms with van der Waals surface area (Å²) in [6.07, 6.45) is 0. The van der Waals surface area contributed by atoms with Gasteiger partial charge in [0, 0.05) is 4.88 Å². The van der Waals surface area contributed by atoms with Crippen LogP contribution >= 0.6 is 39.7 Å². The van der Waals surface area contributed by atoms with E-state index in [1.807, 2.05) is 6.07 Å². The normalized spacial score (nSPS) is 11.8. The molecule has 0 saturated carbocycles. The maximum absolute atomic E-state index is 10.7. The highest BCUT2D eigenvalue weighted by Crippen LogP contribution is 2.27. The Bertz CT molecular complexity index is 292. The molecule has 1 aromatic rings. The third-order valence-electron chi connectivity index (χ3n) is 1.41. The van der Waals surface area contributed by atoms with Gasteiger partial charge in [0.1, 0.15) is 6.04 Å². The van der Waals surface area contributed by atoms with Crippen LogP contribution < -0.4 is 5.32 Å². The van der Waals surface area contributed by atoms with Crippen molar-refractivity contribution in [2.75, 3.05) is 7.05 Å². The smallest absolute Gasteiger partial charge is 0.326 e. The number of carbonyl (C=O) groups is 1. The molecule has 13 heavy (non-hydrogen) atoms. The average molecular weight is 287 g/mol. The molecule has 74 valence electrons. The Hall–Kier alpha value is -0.100. The molecule has 1 atom stereocenters. The molecule has 1 aromatic heterocycles. The Balaban J connectivity index is 0.00000144. The summed E-state index contributed by atoms with van der Waals surface area (Å²) in [6, 6.07) is 3.04. The fourth-order valence-corrected chi connectivity index (χ4v) is 2.40. The number of halogens is 2. The second kappa shape index (κ2) is 5.59. The van der Waals surface area contributed by atoms with Crippen molar-refractivity contribution in [3.05, 3.63) is 20.8 Å². The first-order valence-corrected chi connectivity index (χ1v) is 4.91. The molecular formula is C7H9BrClNO2S. The van der Waals surface area contributed by atoms with Gasteiger partial charge in [-0.15, -0.1) is 23.7 Å². The molecular weight excluding hydrogens is 278 g/mol. The second-order valence-electron chi connectivity index (χ2n) is 2.20. The minimum atomic E-state index is -0.855. The van der Waals surface area contributed by atoms with Gasteiger partial charge in [-0.2, -0.15) is 0 Å². The Morgan fingerprint density at radius 1 is 1.69 bits per heavy atom. The quantitative estimate of drug-likeness (QED) is 0.896. The number of nitrogens with one attached hydrogen (secondary N) is 1. The molecule has 0 aliphatic carbocycles. The van der Waals surface area contributed by atoms with Gasteiger partial charge in [0.05, 0.1) is 3.79 Å². The molecule has 1 unspecified atom stereocenters. The van der Waals surface area contributed by atoms with Crippen LogP contribution in [0.5, 0.6) is 0 Å². The van der Waals surface area contributed by atoms with Gasteiger partial charge in [-0.1, -0.05) is 0 Å². The summed E-state index contributed by atoms with van der Waals surface area (Å²) < 4.78 is 0.944. The van der Waals surface area contributed by atoms with E-state index in [2.05, 4.69) is 21.2 Å². The fourth-order valence-electron chi connectivity index (χ4n) is 0.871. The number of aliphatic carboxylic acids is 1. The lowest BCUT2D eigenvalue weighted by Gasteiger charge is -2.07. The first-order chi connectivity index (χ1) is 5.65. The van der Waals surface area contributed by atoms with Gasteiger partial charge in [0.25, 0.3) is 0 Å². The van der Waals surface area contributed by atoms with Crippen molar-refractivity contribution >= 4 is 45.6 Å². The summed E-state index contributed by atoms with van der Waals surface area (Å²) in [5, 5.41) is 11.5. The van der Waals surface area contributed by atoms with Crippen LogP contribution in [0.2, 0.25) is 0 Å². The van der Waals surface area contributed by atoms with E-state index in [1.54, 1.807) is 13.1 Å². The summed E-state index contributed by atoms with van der Waals surface area (Å²) in [7, 11) is 1.63. The summed E-state index contributed by atoms with van der Waals surface area (Å²) in [5.74, 6) is -0.855. The van der Waals surface area contributed by atoms with Crippen molar-refractivity contribution in [3.63, 3.8) is 0 Å².